The van der Waals surface area contributed by atoms with Crippen LogP contribution in [-0.4, -0.2) is 14.7 Å². The van der Waals surface area contributed by atoms with Crippen LogP contribution in [0.15, 0.2) is 72.9 Å². The molecule has 170 valence electrons. The second-order valence-corrected chi connectivity index (χ2v) is 8.10. The van der Waals surface area contributed by atoms with E-state index in [1.807, 2.05) is 0 Å². The van der Waals surface area contributed by atoms with Crippen LogP contribution >= 0.6 is 0 Å². The molecule has 3 aromatic carbocycles. The highest BCUT2D eigenvalue weighted by Crippen LogP contribution is 2.38. The van der Waals surface area contributed by atoms with Gasteiger partial charge in [-0.15, -0.1) is 0 Å². The maximum absolute atomic E-state index is 14.3. The summed E-state index contributed by atoms with van der Waals surface area (Å²) >= 11 is 0. The van der Waals surface area contributed by atoms with Crippen LogP contribution < -0.4 is 0 Å². The van der Waals surface area contributed by atoms with Gasteiger partial charge >= 0.3 is 6.18 Å². The van der Waals surface area contributed by atoms with Gasteiger partial charge in [0.05, 0.1) is 11.3 Å². The Labute approximate surface area is 186 Å². The topological polar surface area (TPSA) is 38.0 Å². The van der Waals surface area contributed by atoms with Crippen LogP contribution in [0.2, 0.25) is 0 Å². The van der Waals surface area contributed by atoms with E-state index in [0.717, 1.165) is 24.3 Å². The minimum atomic E-state index is -4.63. The van der Waals surface area contributed by atoms with Gasteiger partial charge in [0.1, 0.15) is 23.1 Å². The Morgan fingerprint density at radius 1 is 0.848 bits per heavy atom. The highest BCUT2D eigenvalue weighted by Gasteiger charge is 2.35. The predicted molar refractivity (Wildman–Crippen MR) is 115 cm³/mol. The van der Waals surface area contributed by atoms with E-state index in [0.29, 0.717) is 11.3 Å². The number of nitrogens with zero attached hydrogens (tertiary/aromatic N) is 2. The van der Waals surface area contributed by atoms with E-state index in [9.17, 15) is 27.1 Å². The molecule has 0 fully saturated rings. The standard InChI is InChI=1S/C25H19F5N2O/c1-24(2,33)22-14-32(23(31-22)18-8-3-4-9-20(18)25(28,29)30)17-7-5-6-15(12-17)19-13-16(26)10-11-21(19)27/h3-14,33H,1-2H3. The lowest BCUT2D eigenvalue weighted by Gasteiger charge is -2.15. The normalized spacial score (nSPS) is 12.2. The first-order valence-electron chi connectivity index (χ1n) is 10.00. The smallest absolute Gasteiger partial charge is 0.384 e. The van der Waals surface area contributed by atoms with Crippen LogP contribution in [0.5, 0.6) is 0 Å². The second kappa shape index (κ2) is 8.12. The van der Waals surface area contributed by atoms with Gasteiger partial charge in [0.2, 0.25) is 0 Å². The van der Waals surface area contributed by atoms with Crippen molar-refractivity contribution in [1.29, 1.82) is 0 Å². The van der Waals surface area contributed by atoms with Gasteiger partial charge in [0.15, 0.2) is 0 Å². The van der Waals surface area contributed by atoms with Crippen molar-refractivity contribution >= 4 is 0 Å². The molecule has 0 saturated heterocycles. The Bertz CT molecular complexity index is 1320. The van der Waals surface area contributed by atoms with Crippen LogP contribution in [0.4, 0.5) is 22.0 Å². The number of imidazole rings is 1. The van der Waals surface area contributed by atoms with Gasteiger partial charge < -0.3 is 5.11 Å². The maximum atomic E-state index is 14.3. The average molecular weight is 458 g/mol. The average Bonchev–Trinajstić information content (AvgIpc) is 3.21. The lowest BCUT2D eigenvalue weighted by atomic mass is 10.0. The third-order valence-electron chi connectivity index (χ3n) is 5.17. The Balaban J connectivity index is 1.95. The van der Waals surface area contributed by atoms with Crippen LogP contribution in [0.1, 0.15) is 25.1 Å². The number of halogens is 5. The monoisotopic (exact) mass is 458 g/mol. The Morgan fingerprint density at radius 2 is 1.58 bits per heavy atom. The number of rotatable bonds is 4. The van der Waals surface area contributed by atoms with Gasteiger partial charge in [-0.3, -0.25) is 4.57 Å². The van der Waals surface area contributed by atoms with Crippen molar-refractivity contribution in [1.82, 2.24) is 9.55 Å². The molecule has 0 radical (unpaired) electrons. The van der Waals surface area contributed by atoms with Gasteiger partial charge in [0, 0.05) is 23.0 Å². The molecule has 1 N–H and O–H groups in total. The Kier molecular flexibility index (Phi) is 5.57. The molecule has 1 aromatic heterocycles. The quantitative estimate of drug-likeness (QED) is 0.344. The number of aromatic nitrogens is 2. The summed E-state index contributed by atoms with van der Waals surface area (Å²) in [7, 11) is 0. The molecule has 33 heavy (non-hydrogen) atoms. The van der Waals surface area contributed by atoms with E-state index < -0.39 is 29.0 Å². The zero-order valence-electron chi connectivity index (χ0n) is 17.7. The van der Waals surface area contributed by atoms with E-state index in [2.05, 4.69) is 4.98 Å². The lowest BCUT2D eigenvalue weighted by Crippen LogP contribution is -2.15. The highest BCUT2D eigenvalue weighted by atomic mass is 19.4. The summed E-state index contributed by atoms with van der Waals surface area (Å²) in [6, 6.07) is 14.3. The minimum Gasteiger partial charge on any atom is -0.384 e. The zero-order valence-corrected chi connectivity index (χ0v) is 17.7. The maximum Gasteiger partial charge on any atom is 0.417 e. The Morgan fingerprint density at radius 3 is 2.27 bits per heavy atom. The summed E-state index contributed by atoms with van der Waals surface area (Å²) in [6.45, 7) is 2.94. The fourth-order valence-corrected chi connectivity index (χ4v) is 3.53. The van der Waals surface area contributed by atoms with Crippen LogP contribution in [0.25, 0.3) is 28.2 Å². The van der Waals surface area contributed by atoms with Gasteiger partial charge in [-0.2, -0.15) is 13.2 Å². The molecule has 0 atom stereocenters. The first-order chi connectivity index (χ1) is 15.4. The van der Waals surface area contributed by atoms with Crippen molar-refractivity contribution in [3.8, 4) is 28.2 Å². The molecule has 0 unspecified atom stereocenters. The molecule has 0 bridgehead atoms. The molecule has 1 heterocycles. The third-order valence-corrected chi connectivity index (χ3v) is 5.17. The van der Waals surface area contributed by atoms with Gasteiger partial charge in [-0.05, 0) is 55.8 Å². The van der Waals surface area contributed by atoms with Crippen LogP contribution in [0, 0.1) is 11.6 Å². The highest BCUT2D eigenvalue weighted by molar-refractivity contribution is 5.69. The molecule has 0 aliphatic heterocycles. The molecule has 8 heteroatoms. The zero-order chi connectivity index (χ0) is 24.0. The van der Waals surface area contributed by atoms with E-state index in [4.69, 9.17) is 0 Å². The van der Waals surface area contributed by atoms with Crippen molar-refractivity contribution in [2.45, 2.75) is 25.6 Å². The molecule has 0 aliphatic carbocycles. The predicted octanol–water partition coefficient (Wildman–Crippen LogP) is 6.73. The van der Waals surface area contributed by atoms with Crippen molar-refractivity contribution in [2.75, 3.05) is 0 Å². The van der Waals surface area contributed by atoms with E-state index in [1.165, 1.54) is 48.9 Å². The van der Waals surface area contributed by atoms with Gasteiger partial charge in [0.25, 0.3) is 0 Å². The summed E-state index contributed by atoms with van der Waals surface area (Å²) in [6.07, 6.45) is -3.20. The molecule has 0 saturated carbocycles. The van der Waals surface area contributed by atoms with Gasteiger partial charge in [-0.25, -0.2) is 13.8 Å². The third kappa shape index (κ3) is 4.52. The van der Waals surface area contributed by atoms with E-state index in [-0.39, 0.29) is 22.6 Å². The summed E-state index contributed by atoms with van der Waals surface area (Å²) in [5.41, 5.74) is -1.63. The fourth-order valence-electron chi connectivity index (χ4n) is 3.53. The number of aliphatic hydroxyl groups is 1. The molecule has 3 nitrogen and oxygen atoms in total. The number of hydrogen-bond donors (Lipinski definition) is 1. The van der Waals surface area contributed by atoms with Crippen molar-refractivity contribution in [3.63, 3.8) is 0 Å². The first kappa shape index (κ1) is 22.7. The molecule has 4 rings (SSSR count). The molecule has 4 aromatic rings. The fraction of sp³-hybridized carbons (Fsp3) is 0.160. The molecule has 0 spiro atoms. The lowest BCUT2D eigenvalue weighted by molar-refractivity contribution is -0.137. The first-order valence-corrected chi connectivity index (χ1v) is 10.00. The van der Waals surface area contributed by atoms with Crippen molar-refractivity contribution in [2.24, 2.45) is 0 Å². The van der Waals surface area contributed by atoms with E-state index >= 15 is 0 Å². The summed E-state index contributed by atoms with van der Waals surface area (Å²) in [5, 5.41) is 10.5. The minimum absolute atomic E-state index is 0.0110. The largest absolute Gasteiger partial charge is 0.417 e. The molecule has 0 amide bonds. The molecule has 0 aliphatic rings. The molecular weight excluding hydrogens is 439 g/mol. The Hall–Kier alpha value is -3.52. The summed E-state index contributed by atoms with van der Waals surface area (Å²) < 4.78 is 70.6. The van der Waals surface area contributed by atoms with Crippen molar-refractivity contribution in [3.05, 3.63) is 95.8 Å². The van der Waals surface area contributed by atoms with Crippen LogP contribution in [0.3, 0.4) is 0 Å². The van der Waals surface area contributed by atoms with Gasteiger partial charge in [-0.1, -0.05) is 30.3 Å². The van der Waals surface area contributed by atoms with E-state index in [1.54, 1.807) is 18.2 Å². The summed E-state index contributed by atoms with van der Waals surface area (Å²) in [4.78, 5) is 4.32. The SMILES string of the molecule is CC(C)(O)c1cn(-c2cccc(-c3cc(F)ccc3F)c2)c(-c2ccccc2C(F)(F)F)n1. The summed E-state index contributed by atoms with van der Waals surface area (Å²) in [5.74, 6) is -1.31. The number of hydrogen-bond acceptors (Lipinski definition) is 2. The second-order valence-electron chi connectivity index (χ2n) is 8.10. The number of benzene rings is 3. The molecular formula is C25H19F5N2O. The van der Waals surface area contributed by atoms with Crippen LogP contribution in [-0.2, 0) is 11.8 Å². The van der Waals surface area contributed by atoms with Crippen molar-refractivity contribution < 1.29 is 27.1 Å². The number of alkyl halides is 3.